The summed E-state index contributed by atoms with van der Waals surface area (Å²) in [6, 6.07) is 0. The highest BCUT2D eigenvalue weighted by molar-refractivity contribution is 5.74. The summed E-state index contributed by atoms with van der Waals surface area (Å²) in [5.41, 5.74) is 0.549. The van der Waals surface area contributed by atoms with Gasteiger partial charge in [0.05, 0.1) is 6.20 Å². The van der Waals surface area contributed by atoms with Gasteiger partial charge in [-0.1, -0.05) is 0 Å². The zero-order chi connectivity index (χ0) is 14.5. The Morgan fingerprint density at radius 1 is 1.30 bits per heavy atom. The Kier molecular flexibility index (Phi) is 2.82. The first-order chi connectivity index (χ1) is 9.38. The molecule has 0 bridgehead atoms. The molecule has 1 aliphatic heterocycles. The van der Waals surface area contributed by atoms with Crippen LogP contribution in [0.15, 0.2) is 11.0 Å². The smallest absolute Gasteiger partial charge is 0.263 e. The number of fused-ring (bicyclic) bond motifs is 1. The van der Waals surface area contributed by atoms with Crippen molar-refractivity contribution in [2.75, 3.05) is 31.6 Å². The van der Waals surface area contributed by atoms with Crippen molar-refractivity contribution >= 4 is 17.0 Å². The Morgan fingerprint density at radius 2 is 2.05 bits per heavy atom. The third-order valence-corrected chi connectivity index (χ3v) is 4.21. The number of H-pyrrole nitrogens is 1. The number of aryl methyl sites for hydroxylation is 1. The van der Waals surface area contributed by atoms with Crippen molar-refractivity contribution in [1.29, 1.82) is 0 Å². The van der Waals surface area contributed by atoms with Crippen LogP contribution in [0.25, 0.3) is 11.0 Å². The van der Waals surface area contributed by atoms with Crippen LogP contribution in [0.3, 0.4) is 0 Å². The van der Waals surface area contributed by atoms with Gasteiger partial charge in [0.15, 0.2) is 5.65 Å². The minimum atomic E-state index is -0.130. The van der Waals surface area contributed by atoms with E-state index in [9.17, 15) is 4.79 Å². The van der Waals surface area contributed by atoms with Gasteiger partial charge < -0.3 is 4.90 Å². The van der Waals surface area contributed by atoms with Gasteiger partial charge in [-0.2, -0.15) is 10.1 Å². The molecule has 0 radical (unpaired) electrons. The van der Waals surface area contributed by atoms with Crippen LogP contribution in [0.1, 0.15) is 13.8 Å². The van der Waals surface area contributed by atoms with Gasteiger partial charge in [-0.05, 0) is 20.9 Å². The zero-order valence-electron chi connectivity index (χ0n) is 12.3. The van der Waals surface area contributed by atoms with E-state index in [0.717, 1.165) is 19.6 Å². The summed E-state index contributed by atoms with van der Waals surface area (Å²) in [4.78, 5) is 24.0. The molecule has 3 rings (SSSR count). The lowest BCUT2D eigenvalue weighted by atomic mass is 10.0. The Labute approximate surface area is 117 Å². The summed E-state index contributed by atoms with van der Waals surface area (Å²) >= 11 is 0. The van der Waals surface area contributed by atoms with Crippen molar-refractivity contribution in [3.63, 3.8) is 0 Å². The van der Waals surface area contributed by atoms with Crippen LogP contribution in [-0.2, 0) is 7.05 Å². The topological polar surface area (TPSA) is 70.1 Å². The normalized spacial score (nSPS) is 19.7. The standard InChI is InChI=1S/C13H20N6O/c1-13(2)8-19(6-5-17(13)3)12-15-10-9(11(20)16-12)7-14-18(10)4/h7H,5-6,8H2,1-4H3,(H,15,16,20). The Bertz CT molecular complexity index is 700. The molecule has 1 fully saturated rings. The zero-order valence-corrected chi connectivity index (χ0v) is 12.3. The van der Waals surface area contributed by atoms with Crippen LogP contribution in [0.4, 0.5) is 5.95 Å². The van der Waals surface area contributed by atoms with Crippen molar-refractivity contribution in [1.82, 2.24) is 24.6 Å². The molecule has 0 aromatic carbocycles. The summed E-state index contributed by atoms with van der Waals surface area (Å²) in [5, 5.41) is 4.62. The number of nitrogens with zero attached hydrogens (tertiary/aromatic N) is 5. The van der Waals surface area contributed by atoms with E-state index in [1.165, 1.54) is 0 Å². The SMILES string of the molecule is CN1CCN(c2nc3c(cnn3C)c(=O)[nH]2)CC1(C)C. The van der Waals surface area contributed by atoms with E-state index in [-0.39, 0.29) is 11.1 Å². The minimum absolute atomic E-state index is 0.0538. The minimum Gasteiger partial charge on any atom is -0.339 e. The van der Waals surface area contributed by atoms with Crippen molar-refractivity contribution in [3.8, 4) is 0 Å². The average molecular weight is 276 g/mol. The average Bonchev–Trinajstić information content (AvgIpc) is 2.75. The second kappa shape index (κ2) is 4.31. The maximum atomic E-state index is 12.1. The fourth-order valence-corrected chi connectivity index (χ4v) is 2.59. The van der Waals surface area contributed by atoms with Gasteiger partial charge in [-0.3, -0.25) is 19.4 Å². The van der Waals surface area contributed by atoms with Gasteiger partial charge in [-0.25, -0.2) is 0 Å². The van der Waals surface area contributed by atoms with E-state index in [2.05, 4.69) is 45.8 Å². The highest BCUT2D eigenvalue weighted by Gasteiger charge is 2.32. The molecule has 0 unspecified atom stereocenters. The van der Waals surface area contributed by atoms with Gasteiger partial charge in [0.2, 0.25) is 5.95 Å². The second-order valence-electron chi connectivity index (χ2n) is 6.05. The van der Waals surface area contributed by atoms with Gasteiger partial charge >= 0.3 is 0 Å². The second-order valence-corrected chi connectivity index (χ2v) is 6.05. The van der Waals surface area contributed by atoms with E-state index in [1.807, 2.05) is 0 Å². The molecule has 108 valence electrons. The summed E-state index contributed by atoms with van der Waals surface area (Å²) in [7, 11) is 3.92. The van der Waals surface area contributed by atoms with Crippen LogP contribution in [0, 0.1) is 0 Å². The lowest BCUT2D eigenvalue weighted by Gasteiger charge is -2.45. The highest BCUT2D eigenvalue weighted by atomic mass is 16.1. The van der Waals surface area contributed by atoms with Crippen LogP contribution in [0.5, 0.6) is 0 Å². The number of likely N-dealkylation sites (N-methyl/N-ethyl adjacent to an activating group) is 1. The number of hydrogen-bond acceptors (Lipinski definition) is 5. The lowest BCUT2D eigenvalue weighted by molar-refractivity contribution is 0.138. The number of aromatic amines is 1. The molecule has 0 spiro atoms. The van der Waals surface area contributed by atoms with E-state index in [0.29, 0.717) is 17.0 Å². The molecule has 0 saturated carbocycles. The third kappa shape index (κ3) is 1.98. The number of nitrogens with one attached hydrogen (secondary N) is 1. The molecule has 1 saturated heterocycles. The van der Waals surface area contributed by atoms with Gasteiger partial charge in [0, 0.05) is 32.2 Å². The largest absolute Gasteiger partial charge is 0.339 e. The molecule has 3 heterocycles. The monoisotopic (exact) mass is 276 g/mol. The molecule has 7 nitrogen and oxygen atoms in total. The van der Waals surface area contributed by atoms with Crippen molar-refractivity contribution < 1.29 is 0 Å². The molecule has 20 heavy (non-hydrogen) atoms. The summed E-state index contributed by atoms with van der Waals surface area (Å²) < 4.78 is 1.63. The molecule has 1 aliphatic rings. The molecule has 1 N–H and O–H groups in total. The number of aromatic nitrogens is 4. The first kappa shape index (κ1) is 13.1. The predicted octanol–water partition coefficient (Wildman–Crippen LogP) is 0.187. The molecule has 0 amide bonds. The van der Waals surface area contributed by atoms with Gasteiger partial charge in [-0.15, -0.1) is 0 Å². The van der Waals surface area contributed by atoms with Crippen LogP contribution in [-0.4, -0.2) is 56.9 Å². The molecule has 2 aromatic heterocycles. The first-order valence-corrected chi connectivity index (χ1v) is 6.77. The Balaban J connectivity index is 2.02. The van der Waals surface area contributed by atoms with E-state index in [1.54, 1.807) is 17.9 Å². The molecular formula is C13H20N6O. The van der Waals surface area contributed by atoms with E-state index < -0.39 is 0 Å². The molecule has 0 aliphatic carbocycles. The number of rotatable bonds is 1. The van der Waals surface area contributed by atoms with Crippen LogP contribution >= 0.6 is 0 Å². The molecule has 0 atom stereocenters. The van der Waals surface area contributed by atoms with Gasteiger partial charge in [0.1, 0.15) is 5.39 Å². The number of anilines is 1. The van der Waals surface area contributed by atoms with Crippen molar-refractivity contribution in [2.45, 2.75) is 19.4 Å². The Hall–Kier alpha value is -1.89. The number of hydrogen-bond donors (Lipinski definition) is 1. The summed E-state index contributed by atoms with van der Waals surface area (Å²) in [5.74, 6) is 0.632. The fourth-order valence-electron chi connectivity index (χ4n) is 2.59. The lowest BCUT2D eigenvalue weighted by Crippen LogP contribution is -2.58. The first-order valence-electron chi connectivity index (χ1n) is 6.77. The molecular weight excluding hydrogens is 256 g/mol. The van der Waals surface area contributed by atoms with E-state index in [4.69, 9.17) is 0 Å². The molecule has 7 heteroatoms. The van der Waals surface area contributed by atoms with Crippen molar-refractivity contribution in [2.24, 2.45) is 7.05 Å². The Morgan fingerprint density at radius 3 is 2.75 bits per heavy atom. The summed E-state index contributed by atoms with van der Waals surface area (Å²) in [6.45, 7) is 7.02. The summed E-state index contributed by atoms with van der Waals surface area (Å²) in [6.07, 6.45) is 1.55. The predicted molar refractivity (Wildman–Crippen MR) is 78.1 cm³/mol. The third-order valence-electron chi connectivity index (χ3n) is 4.21. The maximum Gasteiger partial charge on any atom is 0.263 e. The molecule has 2 aromatic rings. The number of piperazine rings is 1. The quantitative estimate of drug-likeness (QED) is 0.805. The highest BCUT2D eigenvalue weighted by Crippen LogP contribution is 2.22. The van der Waals surface area contributed by atoms with Gasteiger partial charge in [0.25, 0.3) is 5.56 Å². The van der Waals surface area contributed by atoms with Crippen LogP contribution < -0.4 is 10.5 Å². The van der Waals surface area contributed by atoms with Crippen molar-refractivity contribution in [3.05, 3.63) is 16.6 Å². The van der Waals surface area contributed by atoms with Crippen LogP contribution in [0.2, 0.25) is 0 Å². The van der Waals surface area contributed by atoms with E-state index >= 15 is 0 Å². The maximum absolute atomic E-state index is 12.1. The fraction of sp³-hybridized carbons (Fsp3) is 0.615.